The monoisotopic (exact) mass is 408 g/mol. The summed E-state index contributed by atoms with van der Waals surface area (Å²) in [4.78, 5) is 27.5. The third kappa shape index (κ3) is 4.40. The maximum Gasteiger partial charge on any atom is 0.387 e. The zero-order valence-corrected chi connectivity index (χ0v) is 15.3. The van der Waals surface area contributed by atoms with E-state index in [1.807, 2.05) is 12.1 Å². The highest BCUT2D eigenvalue weighted by molar-refractivity contribution is 6.32. The third-order valence-corrected chi connectivity index (χ3v) is 4.16. The molecule has 2 N–H and O–H groups in total. The predicted molar refractivity (Wildman–Crippen MR) is 100 cm³/mol. The van der Waals surface area contributed by atoms with Crippen LogP contribution in [0.3, 0.4) is 0 Å². The molecule has 6 nitrogen and oxygen atoms in total. The Morgan fingerprint density at radius 2 is 1.96 bits per heavy atom. The van der Waals surface area contributed by atoms with Crippen molar-refractivity contribution >= 4 is 40.1 Å². The molecule has 146 valence electrons. The van der Waals surface area contributed by atoms with Gasteiger partial charge in [0.1, 0.15) is 5.75 Å². The van der Waals surface area contributed by atoms with E-state index in [1.165, 1.54) is 18.2 Å². The van der Waals surface area contributed by atoms with E-state index >= 15 is 0 Å². The molecule has 0 fully saturated rings. The zero-order valence-electron chi connectivity index (χ0n) is 14.6. The second-order valence-corrected chi connectivity index (χ2v) is 6.23. The van der Waals surface area contributed by atoms with Crippen molar-refractivity contribution in [2.24, 2.45) is 0 Å². The van der Waals surface area contributed by atoms with Gasteiger partial charge in [0.05, 0.1) is 10.6 Å². The number of aromatic amines is 1. The van der Waals surface area contributed by atoms with Gasteiger partial charge >= 0.3 is 12.6 Å². The molecule has 1 amide bonds. The molecule has 0 atom stereocenters. The van der Waals surface area contributed by atoms with Gasteiger partial charge in [0.15, 0.2) is 6.61 Å². The molecule has 0 aliphatic carbocycles. The molecule has 1 heterocycles. The molecular formula is C19H15ClF2N2O4. The van der Waals surface area contributed by atoms with E-state index in [4.69, 9.17) is 16.3 Å². The SMILES string of the molecule is Cc1[nH]c2ccccc2c1C(=O)OCC(=O)Nc1ccc(OC(F)F)c(Cl)c1. The van der Waals surface area contributed by atoms with Crippen LogP contribution in [0.25, 0.3) is 10.9 Å². The number of fused-ring (bicyclic) bond motifs is 1. The molecule has 0 radical (unpaired) electrons. The van der Waals surface area contributed by atoms with E-state index in [1.54, 1.807) is 19.1 Å². The molecule has 3 rings (SSSR count). The number of para-hydroxylation sites is 1. The number of amides is 1. The Morgan fingerprint density at radius 1 is 1.21 bits per heavy atom. The van der Waals surface area contributed by atoms with Crippen LogP contribution in [0.15, 0.2) is 42.5 Å². The standard InChI is InChI=1S/C19H15ClF2N2O4/c1-10-17(12-4-2-3-5-14(12)23-10)18(26)27-9-16(25)24-11-6-7-15(13(20)8-11)28-19(21)22/h2-8,19,23H,9H2,1H3,(H,24,25). The average Bonchev–Trinajstić information content (AvgIpc) is 2.97. The van der Waals surface area contributed by atoms with E-state index in [0.717, 1.165) is 5.52 Å². The average molecular weight is 409 g/mol. The van der Waals surface area contributed by atoms with Crippen molar-refractivity contribution < 1.29 is 27.8 Å². The number of nitrogens with one attached hydrogen (secondary N) is 2. The number of alkyl halides is 2. The van der Waals surface area contributed by atoms with Gasteiger partial charge in [0.2, 0.25) is 0 Å². The Hall–Kier alpha value is -3.13. The van der Waals surface area contributed by atoms with Crippen molar-refractivity contribution in [3.63, 3.8) is 0 Å². The van der Waals surface area contributed by atoms with Crippen LogP contribution in [0.4, 0.5) is 14.5 Å². The topological polar surface area (TPSA) is 80.4 Å². The summed E-state index contributed by atoms with van der Waals surface area (Å²) in [6.45, 7) is -1.79. The number of aromatic nitrogens is 1. The zero-order chi connectivity index (χ0) is 20.3. The molecule has 9 heteroatoms. The molecule has 0 unspecified atom stereocenters. The van der Waals surface area contributed by atoms with Gasteiger partial charge in [-0.25, -0.2) is 4.79 Å². The molecule has 28 heavy (non-hydrogen) atoms. The van der Waals surface area contributed by atoms with Crippen LogP contribution >= 0.6 is 11.6 Å². The number of carbonyl (C=O) groups is 2. The minimum Gasteiger partial charge on any atom is -0.452 e. The Balaban J connectivity index is 1.62. The number of halogens is 3. The van der Waals surface area contributed by atoms with Crippen LogP contribution in [0.1, 0.15) is 16.1 Å². The Morgan fingerprint density at radius 3 is 2.68 bits per heavy atom. The first-order valence-electron chi connectivity index (χ1n) is 8.14. The van der Waals surface area contributed by atoms with Gasteiger partial charge in [0.25, 0.3) is 5.91 Å². The minimum absolute atomic E-state index is 0.0930. The molecule has 0 aliphatic rings. The number of aryl methyl sites for hydroxylation is 1. The van der Waals surface area contributed by atoms with Crippen LogP contribution in [0.5, 0.6) is 5.75 Å². The predicted octanol–water partition coefficient (Wildman–Crippen LogP) is 4.53. The van der Waals surface area contributed by atoms with Gasteiger partial charge in [0, 0.05) is 22.3 Å². The number of H-pyrrole nitrogens is 1. The summed E-state index contributed by atoms with van der Waals surface area (Å²) in [7, 11) is 0. The first-order chi connectivity index (χ1) is 13.3. The van der Waals surface area contributed by atoms with Crippen LogP contribution in [0, 0.1) is 6.92 Å². The van der Waals surface area contributed by atoms with Crippen LogP contribution < -0.4 is 10.1 Å². The number of carbonyl (C=O) groups excluding carboxylic acids is 2. The molecule has 0 saturated carbocycles. The maximum absolute atomic E-state index is 12.4. The Bertz CT molecular complexity index is 1040. The highest BCUT2D eigenvalue weighted by atomic mass is 35.5. The molecular weight excluding hydrogens is 394 g/mol. The van der Waals surface area contributed by atoms with E-state index in [0.29, 0.717) is 16.6 Å². The summed E-state index contributed by atoms with van der Waals surface area (Å²) >= 11 is 5.83. The summed E-state index contributed by atoms with van der Waals surface area (Å²) in [5, 5.41) is 3.07. The van der Waals surface area contributed by atoms with Crippen LogP contribution in [0.2, 0.25) is 5.02 Å². The van der Waals surface area contributed by atoms with Crippen LogP contribution in [-0.2, 0) is 9.53 Å². The molecule has 3 aromatic rings. The van der Waals surface area contributed by atoms with E-state index < -0.39 is 25.1 Å². The number of rotatable bonds is 6. The van der Waals surface area contributed by atoms with Gasteiger partial charge in [-0.05, 0) is 31.2 Å². The lowest BCUT2D eigenvalue weighted by molar-refractivity contribution is -0.119. The van der Waals surface area contributed by atoms with Crippen molar-refractivity contribution in [2.45, 2.75) is 13.5 Å². The number of hydrogen-bond donors (Lipinski definition) is 2. The first-order valence-corrected chi connectivity index (χ1v) is 8.51. The van der Waals surface area contributed by atoms with Crippen molar-refractivity contribution in [1.82, 2.24) is 4.98 Å². The van der Waals surface area contributed by atoms with E-state index in [-0.39, 0.29) is 16.5 Å². The fourth-order valence-corrected chi connectivity index (χ4v) is 2.94. The highest BCUT2D eigenvalue weighted by Gasteiger charge is 2.18. The smallest absolute Gasteiger partial charge is 0.387 e. The quantitative estimate of drug-likeness (QED) is 0.587. The lowest BCUT2D eigenvalue weighted by Gasteiger charge is -2.10. The number of hydrogen-bond acceptors (Lipinski definition) is 4. The first kappa shape index (κ1) is 19.6. The van der Waals surface area contributed by atoms with Crippen molar-refractivity contribution in [3.05, 3.63) is 58.7 Å². The highest BCUT2D eigenvalue weighted by Crippen LogP contribution is 2.29. The van der Waals surface area contributed by atoms with Crippen molar-refractivity contribution in [1.29, 1.82) is 0 Å². The number of benzene rings is 2. The number of ether oxygens (including phenoxy) is 2. The molecule has 0 aliphatic heterocycles. The summed E-state index contributed by atoms with van der Waals surface area (Å²) in [5.74, 6) is -1.45. The van der Waals surface area contributed by atoms with Gasteiger partial charge in [-0.3, -0.25) is 4.79 Å². The summed E-state index contributed by atoms with van der Waals surface area (Å²) < 4.78 is 33.8. The molecule has 0 saturated heterocycles. The normalized spacial score (nSPS) is 10.9. The summed E-state index contributed by atoms with van der Waals surface area (Å²) in [5.41, 5.74) is 2.03. The second-order valence-electron chi connectivity index (χ2n) is 5.82. The minimum atomic E-state index is -3.01. The van der Waals surface area contributed by atoms with Gasteiger partial charge < -0.3 is 19.8 Å². The Kier molecular flexibility index (Phi) is 5.79. The van der Waals surface area contributed by atoms with Gasteiger partial charge in [-0.1, -0.05) is 29.8 Å². The lowest BCUT2D eigenvalue weighted by atomic mass is 10.1. The Labute approximate surface area is 163 Å². The largest absolute Gasteiger partial charge is 0.452 e. The summed E-state index contributed by atoms with van der Waals surface area (Å²) in [6, 6.07) is 11.0. The molecule has 1 aromatic heterocycles. The molecule has 0 spiro atoms. The van der Waals surface area contributed by atoms with Crippen molar-refractivity contribution in [3.8, 4) is 5.75 Å². The number of anilines is 1. The molecule has 2 aromatic carbocycles. The van der Waals surface area contributed by atoms with Crippen molar-refractivity contribution in [2.75, 3.05) is 11.9 Å². The van der Waals surface area contributed by atoms with Gasteiger partial charge in [-0.15, -0.1) is 0 Å². The van der Waals surface area contributed by atoms with Gasteiger partial charge in [-0.2, -0.15) is 8.78 Å². The lowest BCUT2D eigenvalue weighted by Crippen LogP contribution is -2.21. The van der Waals surface area contributed by atoms with E-state index in [2.05, 4.69) is 15.0 Å². The fraction of sp³-hybridized carbons (Fsp3) is 0.158. The van der Waals surface area contributed by atoms with E-state index in [9.17, 15) is 18.4 Å². The fourth-order valence-electron chi connectivity index (χ4n) is 2.71. The molecule has 0 bridgehead atoms. The van der Waals surface area contributed by atoms with Crippen LogP contribution in [-0.4, -0.2) is 30.1 Å². The third-order valence-electron chi connectivity index (χ3n) is 3.86. The maximum atomic E-state index is 12.4. The second kappa shape index (κ2) is 8.26. The summed E-state index contributed by atoms with van der Waals surface area (Å²) in [6.07, 6.45) is 0. The number of esters is 1.